The maximum Gasteiger partial charge on any atom is 0.127 e. The van der Waals surface area contributed by atoms with Crippen molar-refractivity contribution in [3.63, 3.8) is 0 Å². The van der Waals surface area contributed by atoms with Crippen LogP contribution in [-0.2, 0) is 0 Å². The van der Waals surface area contributed by atoms with Crippen LogP contribution in [0.4, 0.5) is 0 Å². The number of nitrogens with one attached hydrogen (secondary N) is 1. The van der Waals surface area contributed by atoms with Crippen molar-refractivity contribution in [3.05, 3.63) is 42.5 Å². The summed E-state index contributed by atoms with van der Waals surface area (Å²) < 4.78 is 6.43. The number of fused-ring (bicyclic) bond motifs is 1. The third kappa shape index (κ3) is 2.66. The van der Waals surface area contributed by atoms with Gasteiger partial charge in [-0.05, 0) is 30.3 Å². The molecule has 3 rings (SSSR count). The lowest BCUT2D eigenvalue weighted by Gasteiger charge is -2.28. The van der Waals surface area contributed by atoms with Gasteiger partial charge in [0.25, 0.3) is 0 Å². The molecule has 1 saturated heterocycles. The van der Waals surface area contributed by atoms with Gasteiger partial charge in [-0.15, -0.1) is 0 Å². The van der Waals surface area contributed by atoms with E-state index < -0.39 is 0 Å². The minimum absolute atomic E-state index is 0.288. The zero-order valence-electron chi connectivity index (χ0n) is 12.3. The van der Waals surface area contributed by atoms with Gasteiger partial charge in [-0.1, -0.05) is 50.2 Å². The van der Waals surface area contributed by atoms with Crippen molar-refractivity contribution in [2.75, 3.05) is 13.1 Å². The van der Waals surface area contributed by atoms with Gasteiger partial charge in [0, 0.05) is 17.8 Å². The molecule has 0 aliphatic carbocycles. The minimum atomic E-state index is 0.288. The molecule has 2 nitrogen and oxygen atoms in total. The third-order valence-corrected chi connectivity index (χ3v) is 4.23. The molecule has 20 heavy (non-hydrogen) atoms. The second kappa shape index (κ2) is 5.84. The van der Waals surface area contributed by atoms with Crippen LogP contribution in [0.2, 0.25) is 0 Å². The largest absolute Gasteiger partial charge is 0.489 e. The molecule has 1 aliphatic rings. The molecular weight excluding hydrogens is 246 g/mol. The topological polar surface area (TPSA) is 21.3 Å². The van der Waals surface area contributed by atoms with Crippen molar-refractivity contribution in [3.8, 4) is 5.75 Å². The van der Waals surface area contributed by atoms with Crippen LogP contribution in [0.1, 0.15) is 20.3 Å². The quantitative estimate of drug-likeness (QED) is 0.910. The Hall–Kier alpha value is -1.54. The van der Waals surface area contributed by atoms with E-state index in [0.717, 1.165) is 18.8 Å². The van der Waals surface area contributed by atoms with Crippen molar-refractivity contribution < 1.29 is 4.74 Å². The first-order valence-corrected chi connectivity index (χ1v) is 7.61. The standard InChI is InChI=1S/C18H23NO/c1-13(2)18(15-10-11-19-12-15)20-17-9-5-7-14-6-3-4-8-16(14)17/h3-9,13,15,18-19H,10-12H2,1-2H3/t15-,18+/m0/s1. The number of ether oxygens (including phenoxy) is 1. The Labute approximate surface area is 121 Å². The fourth-order valence-electron chi connectivity index (χ4n) is 3.18. The molecule has 0 amide bonds. The lowest BCUT2D eigenvalue weighted by atomic mass is 9.92. The molecule has 2 aromatic carbocycles. The number of benzene rings is 2. The van der Waals surface area contributed by atoms with Gasteiger partial charge in [-0.2, -0.15) is 0 Å². The first-order valence-electron chi connectivity index (χ1n) is 7.61. The average Bonchev–Trinajstić information content (AvgIpc) is 2.98. The number of rotatable bonds is 4. The van der Waals surface area contributed by atoms with Crippen LogP contribution in [-0.4, -0.2) is 19.2 Å². The lowest BCUT2D eigenvalue weighted by Crippen LogP contribution is -2.33. The van der Waals surface area contributed by atoms with Crippen LogP contribution >= 0.6 is 0 Å². The first kappa shape index (κ1) is 13.4. The lowest BCUT2D eigenvalue weighted by molar-refractivity contribution is 0.0990. The third-order valence-electron chi connectivity index (χ3n) is 4.23. The highest BCUT2D eigenvalue weighted by atomic mass is 16.5. The smallest absolute Gasteiger partial charge is 0.127 e. The Kier molecular flexibility index (Phi) is 3.93. The molecule has 1 fully saturated rings. The van der Waals surface area contributed by atoms with E-state index >= 15 is 0 Å². The Balaban J connectivity index is 1.90. The summed E-state index contributed by atoms with van der Waals surface area (Å²) in [6, 6.07) is 14.8. The molecule has 2 aromatic rings. The monoisotopic (exact) mass is 269 g/mol. The highest BCUT2D eigenvalue weighted by Crippen LogP contribution is 2.30. The van der Waals surface area contributed by atoms with E-state index in [4.69, 9.17) is 4.74 Å². The van der Waals surface area contributed by atoms with Gasteiger partial charge < -0.3 is 10.1 Å². The van der Waals surface area contributed by atoms with Crippen LogP contribution < -0.4 is 10.1 Å². The Morgan fingerprint density at radius 2 is 1.90 bits per heavy atom. The van der Waals surface area contributed by atoms with Crippen molar-refractivity contribution in [2.24, 2.45) is 11.8 Å². The molecule has 0 saturated carbocycles. The average molecular weight is 269 g/mol. The van der Waals surface area contributed by atoms with Crippen molar-refractivity contribution in [1.29, 1.82) is 0 Å². The summed E-state index contributed by atoms with van der Waals surface area (Å²) in [7, 11) is 0. The molecule has 1 heterocycles. The van der Waals surface area contributed by atoms with Crippen LogP contribution in [0.5, 0.6) is 5.75 Å². The maximum absolute atomic E-state index is 6.43. The van der Waals surface area contributed by atoms with E-state index in [0.29, 0.717) is 11.8 Å². The van der Waals surface area contributed by atoms with E-state index in [-0.39, 0.29) is 6.10 Å². The van der Waals surface area contributed by atoms with Crippen LogP contribution in [0.25, 0.3) is 10.8 Å². The van der Waals surface area contributed by atoms with Gasteiger partial charge in [0.05, 0.1) is 0 Å². The van der Waals surface area contributed by atoms with E-state index in [9.17, 15) is 0 Å². The second-order valence-corrected chi connectivity index (χ2v) is 6.06. The molecule has 0 spiro atoms. The summed E-state index contributed by atoms with van der Waals surface area (Å²) in [4.78, 5) is 0. The Morgan fingerprint density at radius 1 is 1.10 bits per heavy atom. The van der Waals surface area contributed by atoms with E-state index in [2.05, 4.69) is 61.6 Å². The molecule has 0 radical (unpaired) electrons. The van der Waals surface area contributed by atoms with E-state index in [1.165, 1.54) is 17.2 Å². The van der Waals surface area contributed by atoms with Crippen molar-refractivity contribution in [2.45, 2.75) is 26.4 Å². The summed E-state index contributed by atoms with van der Waals surface area (Å²) in [6.45, 7) is 6.71. The summed E-state index contributed by atoms with van der Waals surface area (Å²) in [5.74, 6) is 2.17. The highest BCUT2D eigenvalue weighted by molar-refractivity contribution is 5.88. The fourth-order valence-corrected chi connectivity index (χ4v) is 3.18. The summed E-state index contributed by atoms with van der Waals surface area (Å²) in [6.07, 6.45) is 1.50. The predicted molar refractivity (Wildman–Crippen MR) is 84.2 cm³/mol. The van der Waals surface area contributed by atoms with Crippen LogP contribution in [0.15, 0.2) is 42.5 Å². The molecule has 2 atom stereocenters. The molecular formula is C18H23NO. The SMILES string of the molecule is CC(C)[C@@H](Oc1cccc2ccccc12)[C@H]1CCNC1. The molecule has 0 unspecified atom stereocenters. The minimum Gasteiger partial charge on any atom is -0.489 e. The zero-order chi connectivity index (χ0) is 13.9. The van der Waals surface area contributed by atoms with Crippen LogP contribution in [0, 0.1) is 11.8 Å². The first-order chi connectivity index (χ1) is 9.75. The van der Waals surface area contributed by atoms with Crippen LogP contribution in [0.3, 0.4) is 0 Å². The van der Waals surface area contributed by atoms with Gasteiger partial charge in [-0.3, -0.25) is 0 Å². The molecule has 1 aliphatic heterocycles. The van der Waals surface area contributed by atoms with Gasteiger partial charge >= 0.3 is 0 Å². The van der Waals surface area contributed by atoms with Gasteiger partial charge in [0.1, 0.15) is 11.9 Å². The fraction of sp³-hybridized carbons (Fsp3) is 0.444. The summed E-state index contributed by atoms with van der Waals surface area (Å²) >= 11 is 0. The maximum atomic E-state index is 6.43. The van der Waals surface area contributed by atoms with Crippen molar-refractivity contribution in [1.82, 2.24) is 5.32 Å². The number of hydrogen-bond donors (Lipinski definition) is 1. The predicted octanol–water partition coefficient (Wildman–Crippen LogP) is 3.85. The highest BCUT2D eigenvalue weighted by Gasteiger charge is 2.29. The van der Waals surface area contributed by atoms with E-state index in [1.54, 1.807) is 0 Å². The normalized spacial score (nSPS) is 20.4. The molecule has 2 heteroatoms. The molecule has 0 bridgehead atoms. The molecule has 106 valence electrons. The number of hydrogen-bond acceptors (Lipinski definition) is 2. The molecule has 0 aromatic heterocycles. The Bertz CT molecular complexity index is 567. The van der Waals surface area contributed by atoms with Gasteiger partial charge in [-0.25, -0.2) is 0 Å². The van der Waals surface area contributed by atoms with Crippen molar-refractivity contribution >= 4 is 10.8 Å². The second-order valence-electron chi connectivity index (χ2n) is 6.06. The van der Waals surface area contributed by atoms with Gasteiger partial charge in [0.2, 0.25) is 0 Å². The zero-order valence-corrected chi connectivity index (χ0v) is 12.3. The summed E-state index contributed by atoms with van der Waals surface area (Å²) in [5, 5.41) is 5.91. The molecule has 1 N–H and O–H groups in total. The summed E-state index contributed by atoms with van der Waals surface area (Å²) in [5.41, 5.74) is 0. The van der Waals surface area contributed by atoms with E-state index in [1.807, 2.05) is 0 Å². The Morgan fingerprint density at radius 3 is 2.65 bits per heavy atom. The van der Waals surface area contributed by atoms with Gasteiger partial charge in [0.15, 0.2) is 0 Å².